The molecule has 1 saturated heterocycles. The molecule has 0 spiro atoms. The summed E-state index contributed by atoms with van der Waals surface area (Å²) in [5.74, 6) is -1.84. The first kappa shape index (κ1) is 17.1. The second-order valence-electron chi connectivity index (χ2n) is 5.39. The number of amides is 2. The molecule has 4 N–H and O–H groups in total. The van der Waals surface area contributed by atoms with Crippen LogP contribution < -0.4 is 11.5 Å². The van der Waals surface area contributed by atoms with E-state index in [2.05, 4.69) is 0 Å². The van der Waals surface area contributed by atoms with Crippen LogP contribution in [0.3, 0.4) is 0 Å². The number of carbonyl (C=O) groups excluding carboxylic acids is 3. The Morgan fingerprint density at radius 3 is 2.74 bits per heavy atom. The van der Waals surface area contributed by atoms with Crippen LogP contribution in [0, 0.1) is 5.92 Å². The van der Waals surface area contributed by atoms with Crippen LogP contribution in [0.5, 0.6) is 0 Å². The summed E-state index contributed by atoms with van der Waals surface area (Å²) in [4.78, 5) is 36.7. The first-order chi connectivity index (χ1) is 10.9. The summed E-state index contributed by atoms with van der Waals surface area (Å²) in [6, 6.07) is 4.38. The van der Waals surface area contributed by atoms with Gasteiger partial charge in [-0.25, -0.2) is 4.79 Å². The number of primary amides is 1. The van der Waals surface area contributed by atoms with Gasteiger partial charge in [0.25, 0.3) is 5.91 Å². The van der Waals surface area contributed by atoms with Crippen molar-refractivity contribution < 1.29 is 19.1 Å². The molecule has 1 fully saturated rings. The number of nitrogens with zero attached hydrogens (tertiary/aromatic N) is 1. The number of carbonyl (C=O) groups is 3. The predicted octanol–water partition coefficient (Wildman–Crippen LogP) is 0.803. The Kier molecular flexibility index (Phi) is 5.44. The lowest BCUT2D eigenvalue weighted by Crippen LogP contribution is -2.45. The third kappa shape index (κ3) is 4.35. The number of piperidine rings is 1. The fourth-order valence-corrected chi connectivity index (χ4v) is 2.63. The van der Waals surface area contributed by atoms with Crippen molar-refractivity contribution in [3.8, 4) is 0 Å². The summed E-state index contributed by atoms with van der Waals surface area (Å²) in [6.07, 6.45) is 1.36. The Bertz CT molecular complexity index is 635. The normalized spacial score (nSPS) is 17.6. The molecule has 1 aliphatic rings. The number of hydrogen-bond acceptors (Lipinski definition) is 5. The minimum atomic E-state index is -0.698. The number of hydrogen-bond donors (Lipinski definition) is 2. The number of likely N-dealkylation sites (tertiary alicyclic amines) is 1. The highest BCUT2D eigenvalue weighted by molar-refractivity contribution is 6.31. The summed E-state index contributed by atoms with van der Waals surface area (Å²) < 4.78 is 4.99. The monoisotopic (exact) mass is 339 g/mol. The molecule has 0 aromatic heterocycles. The molecule has 2 rings (SSSR count). The Balaban J connectivity index is 1.91. The zero-order valence-electron chi connectivity index (χ0n) is 12.5. The maximum Gasteiger partial charge on any atom is 0.340 e. The van der Waals surface area contributed by atoms with E-state index in [-0.39, 0.29) is 29.6 Å². The van der Waals surface area contributed by atoms with Crippen LogP contribution in [-0.4, -0.2) is 42.4 Å². The molecule has 23 heavy (non-hydrogen) atoms. The van der Waals surface area contributed by atoms with Gasteiger partial charge in [0.2, 0.25) is 5.91 Å². The molecule has 0 saturated carbocycles. The molecule has 1 heterocycles. The maximum absolute atomic E-state index is 12.1. The highest BCUT2D eigenvalue weighted by Gasteiger charge is 2.27. The predicted molar refractivity (Wildman–Crippen MR) is 84.6 cm³/mol. The standard InChI is InChI=1S/C15H18ClN3O4/c16-10-3-4-11(12(17)6-10)15(22)23-8-13(20)19-5-1-2-9(7-19)14(18)21/h3-4,6,9H,1-2,5,7-8,17H2,(H2,18,21)/t9-/m0/s1. The van der Waals surface area contributed by atoms with E-state index in [0.29, 0.717) is 24.4 Å². The number of nitrogen functional groups attached to an aromatic ring is 1. The molecule has 0 radical (unpaired) electrons. The van der Waals surface area contributed by atoms with Crippen LogP contribution in [-0.2, 0) is 14.3 Å². The van der Waals surface area contributed by atoms with Crippen LogP contribution in [0.2, 0.25) is 5.02 Å². The lowest BCUT2D eigenvalue weighted by Gasteiger charge is -2.31. The Morgan fingerprint density at radius 1 is 1.35 bits per heavy atom. The van der Waals surface area contributed by atoms with Crippen LogP contribution in [0.25, 0.3) is 0 Å². The molecular weight excluding hydrogens is 322 g/mol. The number of esters is 1. The summed E-state index contributed by atoms with van der Waals surface area (Å²) in [7, 11) is 0. The van der Waals surface area contributed by atoms with Crippen molar-refractivity contribution >= 4 is 35.1 Å². The Labute approximate surface area is 138 Å². The van der Waals surface area contributed by atoms with Gasteiger partial charge in [0.1, 0.15) is 0 Å². The topological polar surface area (TPSA) is 116 Å². The first-order valence-corrected chi connectivity index (χ1v) is 7.55. The lowest BCUT2D eigenvalue weighted by atomic mass is 9.97. The van der Waals surface area contributed by atoms with E-state index >= 15 is 0 Å². The maximum atomic E-state index is 12.1. The number of ether oxygens (including phenoxy) is 1. The summed E-state index contributed by atoms with van der Waals surface area (Å²) in [5, 5.41) is 0.404. The van der Waals surface area contributed by atoms with Crippen LogP contribution in [0.1, 0.15) is 23.2 Å². The van der Waals surface area contributed by atoms with Crippen LogP contribution >= 0.6 is 11.6 Å². The first-order valence-electron chi connectivity index (χ1n) is 7.17. The summed E-state index contributed by atoms with van der Waals surface area (Å²) in [5.41, 5.74) is 11.3. The van der Waals surface area contributed by atoms with Gasteiger partial charge in [-0.1, -0.05) is 11.6 Å². The molecular formula is C15H18ClN3O4. The summed E-state index contributed by atoms with van der Waals surface area (Å²) >= 11 is 5.76. The third-order valence-corrected chi connectivity index (χ3v) is 3.97. The van der Waals surface area contributed by atoms with Crippen molar-refractivity contribution in [2.24, 2.45) is 11.7 Å². The van der Waals surface area contributed by atoms with Crippen molar-refractivity contribution in [3.05, 3.63) is 28.8 Å². The molecule has 2 amide bonds. The van der Waals surface area contributed by atoms with E-state index in [1.807, 2.05) is 0 Å². The Hall–Kier alpha value is -2.28. The zero-order valence-corrected chi connectivity index (χ0v) is 13.2. The largest absolute Gasteiger partial charge is 0.452 e. The average molecular weight is 340 g/mol. The molecule has 0 unspecified atom stereocenters. The van der Waals surface area contributed by atoms with Gasteiger partial charge in [-0.15, -0.1) is 0 Å². The molecule has 8 heteroatoms. The van der Waals surface area contributed by atoms with Gasteiger partial charge in [-0.2, -0.15) is 0 Å². The van der Waals surface area contributed by atoms with Crippen molar-refractivity contribution in [2.45, 2.75) is 12.8 Å². The van der Waals surface area contributed by atoms with E-state index in [9.17, 15) is 14.4 Å². The molecule has 1 aromatic rings. The quantitative estimate of drug-likeness (QED) is 0.622. The number of benzene rings is 1. The molecule has 124 valence electrons. The fraction of sp³-hybridized carbons (Fsp3) is 0.400. The number of nitrogens with two attached hydrogens (primary N) is 2. The van der Waals surface area contributed by atoms with Gasteiger partial charge >= 0.3 is 5.97 Å². The lowest BCUT2D eigenvalue weighted by molar-refractivity contribution is -0.137. The van der Waals surface area contributed by atoms with Gasteiger partial charge in [-0.05, 0) is 31.0 Å². The van der Waals surface area contributed by atoms with Gasteiger partial charge in [-0.3, -0.25) is 9.59 Å². The molecule has 0 bridgehead atoms. The molecule has 1 aliphatic heterocycles. The molecule has 7 nitrogen and oxygen atoms in total. The van der Waals surface area contributed by atoms with Crippen LogP contribution in [0.4, 0.5) is 5.69 Å². The Morgan fingerprint density at radius 2 is 2.09 bits per heavy atom. The highest BCUT2D eigenvalue weighted by Crippen LogP contribution is 2.19. The second-order valence-corrected chi connectivity index (χ2v) is 5.83. The molecule has 1 atom stereocenters. The third-order valence-electron chi connectivity index (χ3n) is 3.74. The average Bonchev–Trinajstić information content (AvgIpc) is 2.52. The van der Waals surface area contributed by atoms with Gasteiger partial charge in [0.05, 0.1) is 11.5 Å². The van der Waals surface area contributed by atoms with E-state index in [0.717, 1.165) is 0 Å². The molecule has 0 aliphatic carbocycles. The van der Waals surface area contributed by atoms with Crippen molar-refractivity contribution in [3.63, 3.8) is 0 Å². The van der Waals surface area contributed by atoms with E-state index < -0.39 is 18.5 Å². The van der Waals surface area contributed by atoms with Crippen LogP contribution in [0.15, 0.2) is 18.2 Å². The van der Waals surface area contributed by atoms with E-state index in [1.54, 1.807) is 0 Å². The molecule has 1 aromatic carbocycles. The smallest absolute Gasteiger partial charge is 0.340 e. The van der Waals surface area contributed by atoms with E-state index in [1.165, 1.54) is 23.1 Å². The SMILES string of the molecule is NC(=O)[C@H]1CCCN(C(=O)COC(=O)c2ccc(Cl)cc2N)C1. The van der Waals surface area contributed by atoms with Crippen molar-refractivity contribution in [1.82, 2.24) is 4.90 Å². The minimum absolute atomic E-state index is 0.149. The van der Waals surface area contributed by atoms with Gasteiger partial charge < -0.3 is 21.1 Å². The van der Waals surface area contributed by atoms with Gasteiger partial charge in [0, 0.05) is 23.8 Å². The minimum Gasteiger partial charge on any atom is -0.452 e. The number of anilines is 1. The highest BCUT2D eigenvalue weighted by atomic mass is 35.5. The number of halogens is 1. The van der Waals surface area contributed by atoms with Crippen molar-refractivity contribution in [2.75, 3.05) is 25.4 Å². The van der Waals surface area contributed by atoms with Crippen molar-refractivity contribution in [1.29, 1.82) is 0 Å². The number of rotatable bonds is 4. The second kappa shape index (κ2) is 7.32. The zero-order chi connectivity index (χ0) is 17.0. The van der Waals surface area contributed by atoms with E-state index in [4.69, 9.17) is 27.8 Å². The van der Waals surface area contributed by atoms with Gasteiger partial charge in [0.15, 0.2) is 6.61 Å². The summed E-state index contributed by atoms with van der Waals surface area (Å²) in [6.45, 7) is 0.366. The fourth-order valence-electron chi connectivity index (χ4n) is 2.45.